The van der Waals surface area contributed by atoms with Crippen molar-refractivity contribution in [3.8, 4) is 0 Å². The van der Waals surface area contributed by atoms with Gasteiger partial charge in [0.2, 0.25) is 5.91 Å². The second-order valence-corrected chi connectivity index (χ2v) is 7.65. The molecule has 2 N–H and O–H groups in total. The Kier molecular flexibility index (Phi) is 5.77. The zero-order chi connectivity index (χ0) is 22.0. The molecule has 0 radical (unpaired) electrons. The summed E-state index contributed by atoms with van der Waals surface area (Å²) in [5, 5.41) is 3.03. The van der Waals surface area contributed by atoms with E-state index in [0.717, 1.165) is 23.9 Å². The fraction of sp³-hybridized carbons (Fsp3) is 0.318. The highest BCUT2D eigenvalue weighted by Crippen LogP contribution is 2.30. The first-order chi connectivity index (χ1) is 14.8. The van der Waals surface area contributed by atoms with E-state index in [1.807, 2.05) is 35.2 Å². The molecule has 0 unspecified atom stereocenters. The monoisotopic (exact) mass is 430 g/mol. The summed E-state index contributed by atoms with van der Waals surface area (Å²) >= 11 is 0. The van der Waals surface area contributed by atoms with Crippen molar-refractivity contribution in [3.63, 3.8) is 0 Å². The molecule has 2 aromatic carbocycles. The standard InChI is InChI=1S/C22H21F3N4O2/c23-22(24,25)15-6-7-17-18(12-15)27-19(28-21(17)31)13-29-10-8-14(9-11-29)20(30)26-16-4-2-1-3-5-16/h1-7,12,14H,8-11,13H2,(H,26,30)(H,27,28,31). The zero-order valence-electron chi connectivity index (χ0n) is 16.6. The minimum atomic E-state index is -4.50. The van der Waals surface area contributed by atoms with E-state index < -0.39 is 17.3 Å². The van der Waals surface area contributed by atoms with Crippen molar-refractivity contribution in [1.82, 2.24) is 14.9 Å². The van der Waals surface area contributed by atoms with Crippen LogP contribution in [0.25, 0.3) is 10.9 Å². The fourth-order valence-corrected chi connectivity index (χ4v) is 3.77. The number of fused-ring (bicyclic) bond motifs is 1. The Bertz CT molecular complexity index is 1140. The van der Waals surface area contributed by atoms with Crippen molar-refractivity contribution in [1.29, 1.82) is 0 Å². The second kappa shape index (κ2) is 8.50. The number of benzene rings is 2. The number of likely N-dealkylation sites (tertiary alicyclic amines) is 1. The number of anilines is 1. The number of piperidine rings is 1. The average molecular weight is 430 g/mol. The number of hydrogen-bond donors (Lipinski definition) is 2. The van der Waals surface area contributed by atoms with Gasteiger partial charge in [-0.3, -0.25) is 14.5 Å². The Morgan fingerprint density at radius 2 is 1.84 bits per heavy atom. The average Bonchev–Trinajstić information content (AvgIpc) is 2.74. The molecule has 6 nitrogen and oxygen atoms in total. The molecule has 3 aromatic rings. The van der Waals surface area contributed by atoms with E-state index in [1.54, 1.807) is 0 Å². The van der Waals surface area contributed by atoms with Gasteiger partial charge in [-0.1, -0.05) is 18.2 Å². The van der Waals surface area contributed by atoms with Crippen LogP contribution in [0.2, 0.25) is 0 Å². The van der Waals surface area contributed by atoms with Gasteiger partial charge in [0, 0.05) is 11.6 Å². The zero-order valence-corrected chi connectivity index (χ0v) is 16.6. The SMILES string of the molecule is O=C(Nc1ccccc1)C1CCN(Cc2nc3cc(C(F)(F)F)ccc3c(=O)[nH]2)CC1. The van der Waals surface area contributed by atoms with E-state index in [-0.39, 0.29) is 22.7 Å². The van der Waals surface area contributed by atoms with E-state index in [1.165, 1.54) is 0 Å². The number of hydrogen-bond acceptors (Lipinski definition) is 4. The van der Waals surface area contributed by atoms with Crippen molar-refractivity contribution in [2.45, 2.75) is 25.6 Å². The fourth-order valence-electron chi connectivity index (χ4n) is 3.77. The van der Waals surface area contributed by atoms with Crippen LogP contribution in [0.1, 0.15) is 24.2 Å². The summed E-state index contributed by atoms with van der Waals surface area (Å²) < 4.78 is 38.9. The lowest BCUT2D eigenvalue weighted by atomic mass is 9.96. The first-order valence-electron chi connectivity index (χ1n) is 9.98. The Balaban J connectivity index is 1.41. The number of alkyl halides is 3. The van der Waals surface area contributed by atoms with Crippen LogP contribution in [0.4, 0.5) is 18.9 Å². The maximum absolute atomic E-state index is 13.0. The number of carbonyl (C=O) groups excluding carboxylic acids is 1. The summed E-state index contributed by atoms with van der Waals surface area (Å²) in [6.07, 6.45) is -3.20. The molecule has 1 aliphatic rings. The molecule has 4 rings (SSSR count). The first-order valence-corrected chi connectivity index (χ1v) is 9.98. The molecule has 9 heteroatoms. The number of rotatable bonds is 4. The van der Waals surface area contributed by atoms with Crippen molar-refractivity contribution >= 4 is 22.5 Å². The van der Waals surface area contributed by atoms with Crippen molar-refractivity contribution in [2.24, 2.45) is 5.92 Å². The van der Waals surface area contributed by atoms with E-state index in [9.17, 15) is 22.8 Å². The van der Waals surface area contributed by atoms with Gasteiger partial charge in [0.25, 0.3) is 5.56 Å². The molecule has 0 spiro atoms. The molecule has 0 bridgehead atoms. The van der Waals surface area contributed by atoms with Gasteiger partial charge in [0.05, 0.1) is 23.0 Å². The van der Waals surface area contributed by atoms with Gasteiger partial charge in [-0.25, -0.2) is 4.98 Å². The summed E-state index contributed by atoms with van der Waals surface area (Å²) in [5.41, 5.74) is -0.531. The highest BCUT2D eigenvalue weighted by molar-refractivity contribution is 5.92. The topological polar surface area (TPSA) is 78.1 Å². The molecule has 31 heavy (non-hydrogen) atoms. The van der Waals surface area contributed by atoms with Gasteiger partial charge in [-0.05, 0) is 56.3 Å². The molecule has 162 valence electrons. The largest absolute Gasteiger partial charge is 0.416 e. The maximum atomic E-state index is 13.0. The summed E-state index contributed by atoms with van der Waals surface area (Å²) in [5.74, 6) is 0.168. The molecule has 1 aromatic heterocycles. The minimum absolute atomic E-state index is 0.0192. The summed E-state index contributed by atoms with van der Waals surface area (Å²) in [6, 6.07) is 12.2. The van der Waals surface area contributed by atoms with E-state index in [2.05, 4.69) is 15.3 Å². The number of para-hydroxylation sites is 1. The number of halogens is 3. The highest BCUT2D eigenvalue weighted by atomic mass is 19.4. The number of nitrogens with zero attached hydrogens (tertiary/aromatic N) is 2. The Morgan fingerprint density at radius 1 is 1.13 bits per heavy atom. The molecule has 1 aliphatic heterocycles. The maximum Gasteiger partial charge on any atom is 0.416 e. The quantitative estimate of drug-likeness (QED) is 0.660. The van der Waals surface area contributed by atoms with Crippen LogP contribution in [0.3, 0.4) is 0 Å². The smallest absolute Gasteiger partial charge is 0.326 e. The first kappa shape index (κ1) is 21.0. The minimum Gasteiger partial charge on any atom is -0.326 e. The van der Waals surface area contributed by atoms with Crippen LogP contribution >= 0.6 is 0 Å². The summed E-state index contributed by atoms with van der Waals surface area (Å²) in [6.45, 7) is 1.54. The van der Waals surface area contributed by atoms with Crippen LogP contribution in [-0.4, -0.2) is 33.9 Å². The number of nitrogens with one attached hydrogen (secondary N) is 2. The molecule has 1 saturated heterocycles. The van der Waals surface area contributed by atoms with E-state index >= 15 is 0 Å². The van der Waals surface area contributed by atoms with E-state index in [4.69, 9.17) is 0 Å². The van der Waals surface area contributed by atoms with Gasteiger partial charge in [-0.15, -0.1) is 0 Å². The molecule has 0 saturated carbocycles. The van der Waals surface area contributed by atoms with Crippen molar-refractivity contribution in [3.05, 3.63) is 70.3 Å². The lowest BCUT2D eigenvalue weighted by molar-refractivity contribution is -0.137. The predicted octanol–water partition coefficient (Wildman–Crippen LogP) is 3.79. The number of carbonyl (C=O) groups is 1. The van der Waals surface area contributed by atoms with Gasteiger partial charge < -0.3 is 10.3 Å². The van der Waals surface area contributed by atoms with Gasteiger partial charge in [0.1, 0.15) is 5.82 Å². The second-order valence-electron chi connectivity index (χ2n) is 7.65. The normalized spacial score (nSPS) is 15.8. The Labute approximate surface area is 176 Å². The van der Waals surface area contributed by atoms with E-state index in [0.29, 0.717) is 38.3 Å². The summed E-state index contributed by atoms with van der Waals surface area (Å²) in [4.78, 5) is 33.6. The van der Waals surface area contributed by atoms with Gasteiger partial charge >= 0.3 is 6.18 Å². The number of aromatic amines is 1. The molecular weight excluding hydrogens is 409 g/mol. The summed E-state index contributed by atoms with van der Waals surface area (Å²) in [7, 11) is 0. The number of H-pyrrole nitrogens is 1. The predicted molar refractivity (Wildman–Crippen MR) is 110 cm³/mol. The van der Waals surface area contributed by atoms with Crippen LogP contribution in [0.5, 0.6) is 0 Å². The molecule has 1 fully saturated rings. The van der Waals surface area contributed by atoms with Crippen LogP contribution in [0, 0.1) is 5.92 Å². The molecular formula is C22H21F3N4O2. The molecule has 0 aliphatic carbocycles. The molecule has 0 atom stereocenters. The Morgan fingerprint density at radius 3 is 2.52 bits per heavy atom. The molecule has 1 amide bonds. The van der Waals surface area contributed by atoms with Crippen LogP contribution in [-0.2, 0) is 17.5 Å². The Hall–Kier alpha value is -3.20. The van der Waals surface area contributed by atoms with Gasteiger partial charge in [0.15, 0.2) is 0 Å². The lowest BCUT2D eigenvalue weighted by Gasteiger charge is -2.30. The third-order valence-electron chi connectivity index (χ3n) is 5.46. The van der Waals surface area contributed by atoms with Gasteiger partial charge in [-0.2, -0.15) is 13.2 Å². The van der Waals surface area contributed by atoms with Crippen molar-refractivity contribution in [2.75, 3.05) is 18.4 Å². The lowest BCUT2D eigenvalue weighted by Crippen LogP contribution is -2.38. The molecule has 2 heterocycles. The van der Waals surface area contributed by atoms with Crippen LogP contribution in [0.15, 0.2) is 53.3 Å². The van der Waals surface area contributed by atoms with Crippen molar-refractivity contribution < 1.29 is 18.0 Å². The number of aromatic nitrogens is 2. The highest BCUT2D eigenvalue weighted by Gasteiger charge is 2.31. The van der Waals surface area contributed by atoms with Crippen LogP contribution < -0.4 is 10.9 Å². The third-order valence-corrected chi connectivity index (χ3v) is 5.46. The number of amides is 1. The third kappa shape index (κ3) is 4.93.